The first-order valence-electron chi connectivity index (χ1n) is 6.59. The summed E-state index contributed by atoms with van der Waals surface area (Å²) in [5.41, 5.74) is 2.74. The van der Waals surface area contributed by atoms with Crippen LogP contribution in [0.1, 0.15) is 43.1 Å². The standard InChI is InChI=1S/C13H21N3/c1-10-12-3-2-4-13(16(12)9-15-10)11-5-7-14-8-6-11/h9,11,13-14H,2-8H2,1H3. The lowest BCUT2D eigenvalue weighted by Crippen LogP contribution is -2.34. The van der Waals surface area contributed by atoms with E-state index in [1.54, 1.807) is 0 Å². The van der Waals surface area contributed by atoms with Gasteiger partial charge in [-0.25, -0.2) is 4.98 Å². The maximum absolute atomic E-state index is 4.49. The van der Waals surface area contributed by atoms with E-state index in [0.29, 0.717) is 0 Å². The predicted molar refractivity (Wildman–Crippen MR) is 64.5 cm³/mol. The Labute approximate surface area is 97.3 Å². The van der Waals surface area contributed by atoms with Crippen LogP contribution in [0.4, 0.5) is 0 Å². The Kier molecular flexibility index (Phi) is 2.72. The minimum Gasteiger partial charge on any atom is -0.331 e. The number of nitrogens with zero attached hydrogens (tertiary/aromatic N) is 2. The van der Waals surface area contributed by atoms with Crippen molar-refractivity contribution in [2.75, 3.05) is 13.1 Å². The minimum atomic E-state index is 0.729. The highest BCUT2D eigenvalue weighted by molar-refractivity contribution is 5.15. The molecule has 2 aliphatic heterocycles. The van der Waals surface area contributed by atoms with Crippen molar-refractivity contribution in [3.8, 4) is 0 Å². The maximum Gasteiger partial charge on any atom is 0.0954 e. The van der Waals surface area contributed by atoms with Crippen LogP contribution in [0.2, 0.25) is 0 Å². The fourth-order valence-corrected chi connectivity index (χ4v) is 3.39. The lowest BCUT2D eigenvalue weighted by Gasteiger charge is -2.35. The lowest BCUT2D eigenvalue weighted by atomic mass is 9.85. The first-order valence-corrected chi connectivity index (χ1v) is 6.59. The highest BCUT2D eigenvalue weighted by Crippen LogP contribution is 2.35. The van der Waals surface area contributed by atoms with Crippen molar-refractivity contribution in [3.63, 3.8) is 0 Å². The third-order valence-corrected chi connectivity index (χ3v) is 4.30. The van der Waals surface area contributed by atoms with Gasteiger partial charge >= 0.3 is 0 Å². The monoisotopic (exact) mass is 219 g/mol. The van der Waals surface area contributed by atoms with Crippen molar-refractivity contribution < 1.29 is 0 Å². The molecule has 0 amide bonds. The zero-order valence-corrected chi connectivity index (χ0v) is 10.1. The van der Waals surface area contributed by atoms with Gasteiger partial charge in [0.05, 0.1) is 12.0 Å². The number of aryl methyl sites for hydroxylation is 1. The third kappa shape index (κ3) is 1.67. The first kappa shape index (κ1) is 10.3. The topological polar surface area (TPSA) is 29.9 Å². The molecule has 0 radical (unpaired) electrons. The summed E-state index contributed by atoms with van der Waals surface area (Å²) in [6, 6.07) is 0.729. The van der Waals surface area contributed by atoms with Gasteiger partial charge in [0.15, 0.2) is 0 Å². The molecule has 0 spiro atoms. The molecular weight excluding hydrogens is 198 g/mol. The van der Waals surface area contributed by atoms with Gasteiger partial charge in [-0.1, -0.05) is 0 Å². The zero-order chi connectivity index (χ0) is 11.0. The maximum atomic E-state index is 4.49. The Hall–Kier alpha value is -0.830. The lowest BCUT2D eigenvalue weighted by molar-refractivity contribution is 0.227. The van der Waals surface area contributed by atoms with Crippen LogP contribution in [0.5, 0.6) is 0 Å². The molecule has 1 fully saturated rings. The molecule has 1 aromatic heterocycles. The Bertz CT molecular complexity index is 363. The molecule has 2 aliphatic rings. The van der Waals surface area contributed by atoms with Crippen molar-refractivity contribution >= 4 is 0 Å². The zero-order valence-electron chi connectivity index (χ0n) is 10.1. The summed E-state index contributed by atoms with van der Waals surface area (Å²) < 4.78 is 2.48. The van der Waals surface area contributed by atoms with Crippen LogP contribution in [-0.2, 0) is 6.42 Å². The van der Waals surface area contributed by atoms with Crippen molar-refractivity contribution in [3.05, 3.63) is 17.7 Å². The van der Waals surface area contributed by atoms with Gasteiger partial charge in [0, 0.05) is 11.7 Å². The van der Waals surface area contributed by atoms with Crippen LogP contribution in [-0.4, -0.2) is 22.6 Å². The summed E-state index contributed by atoms with van der Waals surface area (Å²) >= 11 is 0. The first-order chi connectivity index (χ1) is 7.86. The molecule has 1 unspecified atom stereocenters. The van der Waals surface area contributed by atoms with Crippen molar-refractivity contribution in [1.29, 1.82) is 0 Å². The van der Waals surface area contributed by atoms with E-state index in [4.69, 9.17) is 0 Å². The van der Waals surface area contributed by atoms with Gasteiger partial charge < -0.3 is 9.88 Å². The molecule has 3 heterocycles. The SMILES string of the molecule is Cc1ncn2c1CCCC2C1CCNCC1. The molecule has 3 nitrogen and oxygen atoms in total. The molecule has 3 rings (SSSR count). The Balaban J connectivity index is 1.86. The summed E-state index contributed by atoms with van der Waals surface area (Å²) in [5, 5.41) is 3.46. The number of piperidine rings is 1. The second-order valence-electron chi connectivity index (χ2n) is 5.23. The highest BCUT2D eigenvalue weighted by Gasteiger charge is 2.29. The molecule has 1 N–H and O–H groups in total. The Morgan fingerprint density at radius 1 is 1.31 bits per heavy atom. The number of aromatic nitrogens is 2. The number of imidazole rings is 1. The normalized spacial score (nSPS) is 26.7. The third-order valence-electron chi connectivity index (χ3n) is 4.30. The van der Waals surface area contributed by atoms with Crippen LogP contribution in [0.3, 0.4) is 0 Å². The van der Waals surface area contributed by atoms with E-state index in [2.05, 4.69) is 28.1 Å². The van der Waals surface area contributed by atoms with Crippen LogP contribution < -0.4 is 5.32 Å². The van der Waals surface area contributed by atoms with Crippen molar-refractivity contribution in [2.45, 2.75) is 45.1 Å². The Morgan fingerprint density at radius 2 is 2.12 bits per heavy atom. The largest absolute Gasteiger partial charge is 0.331 e. The van der Waals surface area contributed by atoms with E-state index in [0.717, 1.165) is 12.0 Å². The van der Waals surface area contributed by atoms with Gasteiger partial charge in [0.2, 0.25) is 0 Å². The highest BCUT2D eigenvalue weighted by atomic mass is 15.1. The number of nitrogens with one attached hydrogen (secondary N) is 1. The molecular formula is C13H21N3. The van der Waals surface area contributed by atoms with Gasteiger partial charge in [-0.2, -0.15) is 0 Å². The van der Waals surface area contributed by atoms with Crippen LogP contribution in [0, 0.1) is 12.8 Å². The van der Waals surface area contributed by atoms with Gasteiger partial charge in [0.1, 0.15) is 0 Å². The molecule has 0 bridgehead atoms. The molecule has 3 heteroatoms. The quantitative estimate of drug-likeness (QED) is 0.783. The fourth-order valence-electron chi connectivity index (χ4n) is 3.39. The van der Waals surface area contributed by atoms with E-state index in [-0.39, 0.29) is 0 Å². The second-order valence-corrected chi connectivity index (χ2v) is 5.23. The average Bonchev–Trinajstić information content (AvgIpc) is 2.73. The molecule has 1 saturated heterocycles. The Morgan fingerprint density at radius 3 is 2.94 bits per heavy atom. The average molecular weight is 219 g/mol. The second kappa shape index (κ2) is 4.21. The van der Waals surface area contributed by atoms with E-state index < -0.39 is 0 Å². The van der Waals surface area contributed by atoms with E-state index >= 15 is 0 Å². The molecule has 0 aliphatic carbocycles. The molecule has 88 valence electrons. The summed E-state index contributed by atoms with van der Waals surface area (Å²) in [4.78, 5) is 4.49. The minimum absolute atomic E-state index is 0.729. The van der Waals surface area contributed by atoms with Gasteiger partial charge in [0.25, 0.3) is 0 Å². The summed E-state index contributed by atoms with van der Waals surface area (Å²) in [6.07, 6.45) is 8.68. The van der Waals surface area contributed by atoms with Crippen molar-refractivity contribution in [1.82, 2.24) is 14.9 Å². The number of hydrogen-bond donors (Lipinski definition) is 1. The molecule has 0 saturated carbocycles. The molecule has 1 atom stereocenters. The summed E-state index contributed by atoms with van der Waals surface area (Å²) in [7, 11) is 0. The van der Waals surface area contributed by atoms with Crippen LogP contribution in [0.25, 0.3) is 0 Å². The number of rotatable bonds is 1. The van der Waals surface area contributed by atoms with E-state index in [1.165, 1.54) is 56.6 Å². The molecule has 1 aromatic rings. The fraction of sp³-hybridized carbons (Fsp3) is 0.769. The van der Waals surface area contributed by atoms with E-state index in [1.807, 2.05) is 0 Å². The molecule has 16 heavy (non-hydrogen) atoms. The van der Waals surface area contributed by atoms with E-state index in [9.17, 15) is 0 Å². The van der Waals surface area contributed by atoms with Crippen molar-refractivity contribution in [2.24, 2.45) is 5.92 Å². The van der Waals surface area contributed by atoms with Gasteiger partial charge in [-0.15, -0.1) is 0 Å². The summed E-state index contributed by atoms with van der Waals surface area (Å²) in [6.45, 7) is 4.55. The number of fused-ring (bicyclic) bond motifs is 1. The summed E-state index contributed by atoms with van der Waals surface area (Å²) in [5.74, 6) is 0.869. The van der Waals surface area contributed by atoms with Crippen LogP contribution >= 0.6 is 0 Å². The number of hydrogen-bond acceptors (Lipinski definition) is 2. The van der Waals surface area contributed by atoms with Crippen LogP contribution in [0.15, 0.2) is 6.33 Å². The molecule has 0 aromatic carbocycles. The predicted octanol–water partition coefficient (Wildman–Crippen LogP) is 2.07. The van der Waals surface area contributed by atoms with Gasteiger partial charge in [-0.05, 0) is 58.0 Å². The van der Waals surface area contributed by atoms with Gasteiger partial charge in [-0.3, -0.25) is 0 Å². The smallest absolute Gasteiger partial charge is 0.0954 e.